The van der Waals surface area contributed by atoms with Crippen LogP contribution in [0.4, 0.5) is 27.6 Å². The summed E-state index contributed by atoms with van der Waals surface area (Å²) >= 11 is 0. The molecule has 0 saturated heterocycles. The molecule has 0 fully saturated rings. The molecule has 1 amide bonds. The molecule has 0 heterocycles. The number of halogens is 5. The average Bonchev–Trinajstić information content (AvgIpc) is 2.48. The van der Waals surface area contributed by atoms with Crippen LogP contribution in [0.25, 0.3) is 0 Å². The summed E-state index contributed by atoms with van der Waals surface area (Å²) in [5.41, 5.74) is -0.562. The van der Waals surface area contributed by atoms with Crippen molar-refractivity contribution < 1.29 is 26.7 Å². The van der Waals surface area contributed by atoms with Crippen molar-refractivity contribution in [1.82, 2.24) is 0 Å². The molecule has 7 heteroatoms. The first-order valence-corrected chi connectivity index (χ1v) is 6.67. The van der Waals surface area contributed by atoms with Crippen LogP contribution in [0.15, 0.2) is 42.5 Å². The number of aryl methyl sites for hydroxylation is 1. The minimum Gasteiger partial charge on any atom is -0.326 e. The highest BCUT2D eigenvalue weighted by atomic mass is 19.4. The number of alkyl halides is 3. The lowest BCUT2D eigenvalue weighted by Crippen LogP contribution is -2.13. The summed E-state index contributed by atoms with van der Waals surface area (Å²) in [7, 11) is 0. The Balaban J connectivity index is 1.93. The zero-order valence-electron chi connectivity index (χ0n) is 11.8. The van der Waals surface area contributed by atoms with Gasteiger partial charge in [-0.15, -0.1) is 0 Å². The number of benzene rings is 2. The molecule has 23 heavy (non-hydrogen) atoms. The number of anilines is 1. The topological polar surface area (TPSA) is 29.1 Å². The molecule has 0 saturated carbocycles. The van der Waals surface area contributed by atoms with Crippen LogP contribution in [0, 0.1) is 11.6 Å². The van der Waals surface area contributed by atoms with E-state index in [4.69, 9.17) is 0 Å². The molecule has 2 aromatic rings. The summed E-state index contributed by atoms with van der Waals surface area (Å²) in [6, 6.07) is 6.90. The third-order valence-corrected chi connectivity index (χ3v) is 3.13. The van der Waals surface area contributed by atoms with Crippen molar-refractivity contribution in [2.75, 3.05) is 5.32 Å². The lowest BCUT2D eigenvalue weighted by Gasteiger charge is -2.09. The largest absolute Gasteiger partial charge is 0.416 e. The van der Waals surface area contributed by atoms with Crippen LogP contribution < -0.4 is 5.32 Å². The second-order valence-electron chi connectivity index (χ2n) is 4.86. The van der Waals surface area contributed by atoms with Gasteiger partial charge >= 0.3 is 6.18 Å². The standard InChI is InChI=1S/C16H12F5NO/c17-12-4-7-14(18)10(9-12)1-8-15(23)22-13-5-2-11(3-6-13)16(19,20)21/h2-7,9H,1,8H2,(H,22,23). The number of hydrogen-bond acceptors (Lipinski definition) is 1. The summed E-state index contributed by atoms with van der Waals surface area (Å²) < 4.78 is 63.6. The Morgan fingerprint density at radius 2 is 1.65 bits per heavy atom. The van der Waals surface area contributed by atoms with Crippen molar-refractivity contribution in [2.45, 2.75) is 19.0 Å². The summed E-state index contributed by atoms with van der Waals surface area (Å²) in [6.45, 7) is 0. The van der Waals surface area contributed by atoms with Crippen LogP contribution in [0.5, 0.6) is 0 Å². The Morgan fingerprint density at radius 1 is 1.00 bits per heavy atom. The first-order valence-electron chi connectivity index (χ1n) is 6.67. The van der Waals surface area contributed by atoms with Gasteiger partial charge in [-0.25, -0.2) is 8.78 Å². The summed E-state index contributed by atoms with van der Waals surface area (Å²) in [6.07, 6.45) is -4.59. The van der Waals surface area contributed by atoms with E-state index in [1.54, 1.807) is 0 Å². The molecule has 0 bridgehead atoms. The molecule has 0 aromatic heterocycles. The van der Waals surface area contributed by atoms with Gasteiger partial charge in [-0.2, -0.15) is 13.2 Å². The van der Waals surface area contributed by atoms with Crippen molar-refractivity contribution in [2.24, 2.45) is 0 Å². The van der Waals surface area contributed by atoms with Crippen molar-refractivity contribution >= 4 is 11.6 Å². The van der Waals surface area contributed by atoms with Crippen molar-refractivity contribution in [1.29, 1.82) is 0 Å². The fourth-order valence-electron chi connectivity index (χ4n) is 1.95. The Hall–Kier alpha value is -2.44. The van der Waals surface area contributed by atoms with Gasteiger partial charge in [0.05, 0.1) is 5.56 Å². The van der Waals surface area contributed by atoms with E-state index in [0.717, 1.165) is 42.5 Å². The van der Waals surface area contributed by atoms with Crippen LogP contribution in [-0.2, 0) is 17.4 Å². The average molecular weight is 329 g/mol. The zero-order valence-corrected chi connectivity index (χ0v) is 11.8. The van der Waals surface area contributed by atoms with Gasteiger partial charge in [-0.05, 0) is 54.4 Å². The maximum Gasteiger partial charge on any atom is 0.416 e. The lowest BCUT2D eigenvalue weighted by atomic mass is 10.1. The smallest absolute Gasteiger partial charge is 0.326 e. The van der Waals surface area contributed by atoms with Crippen LogP contribution in [0.1, 0.15) is 17.5 Å². The third kappa shape index (κ3) is 4.77. The molecular formula is C16H12F5NO. The van der Waals surface area contributed by atoms with Gasteiger partial charge in [0.15, 0.2) is 0 Å². The number of carbonyl (C=O) groups excluding carboxylic acids is 1. The van der Waals surface area contributed by atoms with E-state index in [-0.39, 0.29) is 24.1 Å². The van der Waals surface area contributed by atoms with Gasteiger partial charge in [0.1, 0.15) is 11.6 Å². The minimum absolute atomic E-state index is 0.0178. The molecule has 122 valence electrons. The van der Waals surface area contributed by atoms with E-state index in [1.165, 1.54) is 0 Å². The molecule has 0 spiro atoms. The molecule has 1 N–H and O–H groups in total. The summed E-state index contributed by atoms with van der Waals surface area (Å²) in [5, 5.41) is 2.40. The van der Waals surface area contributed by atoms with Gasteiger partial charge in [0.25, 0.3) is 0 Å². The predicted octanol–water partition coefficient (Wildman–Crippen LogP) is 4.55. The predicted molar refractivity (Wildman–Crippen MR) is 74.8 cm³/mol. The molecule has 0 atom stereocenters. The van der Waals surface area contributed by atoms with E-state index in [9.17, 15) is 26.7 Å². The van der Waals surface area contributed by atoms with E-state index < -0.39 is 29.3 Å². The van der Waals surface area contributed by atoms with Gasteiger partial charge in [-0.3, -0.25) is 4.79 Å². The Labute approximate surface area is 128 Å². The number of amides is 1. The molecular weight excluding hydrogens is 317 g/mol. The highest BCUT2D eigenvalue weighted by Crippen LogP contribution is 2.29. The van der Waals surface area contributed by atoms with E-state index in [1.807, 2.05) is 0 Å². The van der Waals surface area contributed by atoms with Gasteiger partial charge in [0.2, 0.25) is 5.91 Å². The minimum atomic E-state index is -4.45. The van der Waals surface area contributed by atoms with E-state index in [2.05, 4.69) is 5.32 Å². The number of carbonyl (C=O) groups is 1. The van der Waals surface area contributed by atoms with E-state index >= 15 is 0 Å². The fraction of sp³-hybridized carbons (Fsp3) is 0.188. The molecule has 0 aliphatic carbocycles. The Kier molecular flexibility index (Phi) is 4.98. The maximum atomic E-state index is 13.4. The van der Waals surface area contributed by atoms with Crippen molar-refractivity contribution in [3.05, 3.63) is 65.2 Å². The second kappa shape index (κ2) is 6.76. The Bertz CT molecular complexity index is 695. The quantitative estimate of drug-likeness (QED) is 0.819. The highest BCUT2D eigenvalue weighted by Gasteiger charge is 2.29. The van der Waals surface area contributed by atoms with Gasteiger partial charge in [-0.1, -0.05) is 0 Å². The van der Waals surface area contributed by atoms with Crippen molar-refractivity contribution in [3.63, 3.8) is 0 Å². The van der Waals surface area contributed by atoms with Crippen LogP contribution in [0.3, 0.4) is 0 Å². The molecule has 2 rings (SSSR count). The van der Waals surface area contributed by atoms with Crippen LogP contribution in [0.2, 0.25) is 0 Å². The third-order valence-electron chi connectivity index (χ3n) is 3.13. The van der Waals surface area contributed by atoms with Crippen LogP contribution >= 0.6 is 0 Å². The molecule has 2 aromatic carbocycles. The Morgan fingerprint density at radius 3 is 2.26 bits per heavy atom. The lowest BCUT2D eigenvalue weighted by molar-refractivity contribution is -0.137. The van der Waals surface area contributed by atoms with Gasteiger partial charge in [0, 0.05) is 12.1 Å². The number of rotatable bonds is 4. The first kappa shape index (κ1) is 16.9. The molecule has 0 unspecified atom stereocenters. The fourth-order valence-corrected chi connectivity index (χ4v) is 1.95. The number of hydrogen-bond donors (Lipinski definition) is 1. The summed E-state index contributed by atoms with van der Waals surface area (Å²) in [5.74, 6) is -1.73. The van der Waals surface area contributed by atoms with Crippen molar-refractivity contribution in [3.8, 4) is 0 Å². The monoisotopic (exact) mass is 329 g/mol. The van der Waals surface area contributed by atoms with Crippen LogP contribution in [-0.4, -0.2) is 5.91 Å². The molecule has 0 aliphatic heterocycles. The van der Waals surface area contributed by atoms with E-state index in [0.29, 0.717) is 0 Å². The molecule has 0 radical (unpaired) electrons. The molecule has 2 nitrogen and oxygen atoms in total. The highest BCUT2D eigenvalue weighted by molar-refractivity contribution is 5.90. The van der Waals surface area contributed by atoms with Gasteiger partial charge < -0.3 is 5.32 Å². The molecule has 0 aliphatic rings. The normalized spacial score (nSPS) is 11.3. The zero-order chi connectivity index (χ0) is 17.0. The maximum absolute atomic E-state index is 13.4. The summed E-state index contributed by atoms with van der Waals surface area (Å²) in [4.78, 5) is 11.7. The second-order valence-corrected chi connectivity index (χ2v) is 4.86. The first-order chi connectivity index (χ1) is 10.8. The number of nitrogens with one attached hydrogen (secondary N) is 1. The SMILES string of the molecule is O=C(CCc1cc(F)ccc1F)Nc1ccc(C(F)(F)F)cc1.